The molecule has 1 aromatic rings. The number of nitrogen functional groups attached to an aromatic ring is 1. The molecular formula is C14H22N2O3S. The second-order valence-corrected chi connectivity index (χ2v) is 5.88. The van der Waals surface area contributed by atoms with E-state index in [1.54, 1.807) is 14.0 Å². The van der Waals surface area contributed by atoms with Crippen LogP contribution in [0.15, 0.2) is 0 Å². The molecule has 1 aromatic heterocycles. The second kappa shape index (κ2) is 6.95. The SMILES string of the molecule is CCOC(=O)c1sc(NCCCOC)c(C2CC2)c1N. The summed E-state index contributed by atoms with van der Waals surface area (Å²) in [5, 5.41) is 4.40. The van der Waals surface area contributed by atoms with E-state index in [2.05, 4.69) is 5.32 Å². The van der Waals surface area contributed by atoms with Gasteiger partial charge in [-0.1, -0.05) is 0 Å². The first-order chi connectivity index (χ1) is 9.69. The van der Waals surface area contributed by atoms with Crippen LogP contribution < -0.4 is 11.1 Å². The van der Waals surface area contributed by atoms with Crippen LogP contribution in [0, 0.1) is 0 Å². The number of nitrogens with two attached hydrogens (primary N) is 1. The Morgan fingerprint density at radius 1 is 1.50 bits per heavy atom. The summed E-state index contributed by atoms with van der Waals surface area (Å²) in [6.07, 6.45) is 3.22. The number of hydrogen-bond donors (Lipinski definition) is 2. The van der Waals surface area contributed by atoms with Gasteiger partial charge in [-0.2, -0.15) is 0 Å². The summed E-state index contributed by atoms with van der Waals surface area (Å²) >= 11 is 1.41. The van der Waals surface area contributed by atoms with Crippen LogP contribution in [0.4, 0.5) is 10.7 Å². The number of anilines is 2. The molecule has 1 saturated carbocycles. The number of hydrogen-bond acceptors (Lipinski definition) is 6. The standard InChI is InChI=1S/C14H22N2O3S/c1-3-19-14(17)12-11(15)10(9-5-6-9)13(20-12)16-7-4-8-18-2/h9,16H,3-8,15H2,1-2H3. The molecule has 0 aliphatic heterocycles. The van der Waals surface area contributed by atoms with E-state index in [-0.39, 0.29) is 5.97 Å². The number of nitrogens with one attached hydrogen (secondary N) is 1. The van der Waals surface area contributed by atoms with Gasteiger partial charge in [0.2, 0.25) is 0 Å². The Hall–Kier alpha value is -1.27. The van der Waals surface area contributed by atoms with Gasteiger partial charge in [-0.3, -0.25) is 0 Å². The molecule has 0 amide bonds. The molecule has 0 radical (unpaired) electrons. The summed E-state index contributed by atoms with van der Waals surface area (Å²) in [6, 6.07) is 0. The molecular weight excluding hydrogens is 276 g/mol. The molecule has 0 spiro atoms. The molecule has 0 unspecified atom stereocenters. The lowest BCUT2D eigenvalue weighted by Gasteiger charge is -2.06. The predicted octanol–water partition coefficient (Wildman–Crippen LogP) is 2.83. The molecule has 6 heteroatoms. The van der Waals surface area contributed by atoms with Gasteiger partial charge in [0.05, 0.1) is 17.3 Å². The first-order valence-corrected chi connectivity index (χ1v) is 7.82. The summed E-state index contributed by atoms with van der Waals surface area (Å²) in [6.45, 7) is 3.70. The summed E-state index contributed by atoms with van der Waals surface area (Å²) in [7, 11) is 1.69. The van der Waals surface area contributed by atoms with Crippen molar-refractivity contribution in [2.75, 3.05) is 37.9 Å². The largest absolute Gasteiger partial charge is 0.462 e. The molecule has 5 nitrogen and oxygen atoms in total. The summed E-state index contributed by atoms with van der Waals surface area (Å²) in [5.41, 5.74) is 7.86. The van der Waals surface area contributed by atoms with Crippen molar-refractivity contribution in [3.8, 4) is 0 Å². The Morgan fingerprint density at radius 3 is 2.85 bits per heavy atom. The van der Waals surface area contributed by atoms with E-state index in [9.17, 15) is 4.79 Å². The zero-order valence-corrected chi connectivity index (χ0v) is 12.8. The normalized spacial score (nSPS) is 14.3. The summed E-state index contributed by atoms with van der Waals surface area (Å²) in [5.74, 6) is 0.182. The minimum atomic E-state index is -0.318. The van der Waals surface area contributed by atoms with Crippen molar-refractivity contribution >= 4 is 28.0 Å². The van der Waals surface area contributed by atoms with Gasteiger partial charge in [0.1, 0.15) is 4.88 Å². The molecule has 3 N–H and O–H groups in total. The second-order valence-electron chi connectivity index (χ2n) is 4.86. The average Bonchev–Trinajstić information content (AvgIpc) is 3.20. The van der Waals surface area contributed by atoms with E-state index in [4.69, 9.17) is 15.2 Å². The lowest BCUT2D eigenvalue weighted by molar-refractivity contribution is 0.0533. The zero-order chi connectivity index (χ0) is 14.5. The van der Waals surface area contributed by atoms with Crippen LogP contribution in [0.5, 0.6) is 0 Å². The molecule has 0 bridgehead atoms. The van der Waals surface area contributed by atoms with Crippen molar-refractivity contribution in [2.45, 2.75) is 32.1 Å². The van der Waals surface area contributed by atoms with E-state index < -0.39 is 0 Å². The fourth-order valence-corrected chi connectivity index (χ4v) is 3.26. The van der Waals surface area contributed by atoms with Gasteiger partial charge in [-0.25, -0.2) is 4.79 Å². The molecule has 0 atom stereocenters. The Morgan fingerprint density at radius 2 is 2.25 bits per heavy atom. The fourth-order valence-electron chi connectivity index (χ4n) is 2.13. The van der Waals surface area contributed by atoms with Crippen LogP contribution in [0.1, 0.15) is 47.3 Å². The van der Waals surface area contributed by atoms with Crippen LogP contribution in [-0.4, -0.2) is 32.8 Å². The van der Waals surface area contributed by atoms with Crippen molar-refractivity contribution in [2.24, 2.45) is 0 Å². The zero-order valence-electron chi connectivity index (χ0n) is 12.0. The molecule has 1 fully saturated rings. The third kappa shape index (κ3) is 3.43. The Bertz CT molecular complexity index is 469. The highest BCUT2D eigenvalue weighted by molar-refractivity contribution is 7.18. The predicted molar refractivity (Wildman–Crippen MR) is 81.6 cm³/mol. The number of carbonyl (C=O) groups excluding carboxylic acids is 1. The monoisotopic (exact) mass is 298 g/mol. The molecule has 112 valence electrons. The minimum absolute atomic E-state index is 0.318. The van der Waals surface area contributed by atoms with Gasteiger partial charge in [0, 0.05) is 25.8 Å². The maximum Gasteiger partial charge on any atom is 0.350 e. The molecule has 1 aliphatic carbocycles. The molecule has 1 heterocycles. The molecule has 2 rings (SSSR count). The molecule has 20 heavy (non-hydrogen) atoms. The number of rotatable bonds is 8. The van der Waals surface area contributed by atoms with E-state index in [1.807, 2.05) is 0 Å². The number of ether oxygens (including phenoxy) is 2. The molecule has 1 aliphatic rings. The van der Waals surface area contributed by atoms with Gasteiger partial charge >= 0.3 is 5.97 Å². The van der Waals surface area contributed by atoms with E-state index >= 15 is 0 Å². The third-order valence-corrected chi connectivity index (χ3v) is 4.40. The van der Waals surface area contributed by atoms with Gasteiger partial charge in [0.15, 0.2) is 0 Å². The van der Waals surface area contributed by atoms with Crippen LogP contribution in [0.25, 0.3) is 0 Å². The number of esters is 1. The van der Waals surface area contributed by atoms with Gasteiger partial charge in [-0.15, -0.1) is 11.3 Å². The van der Waals surface area contributed by atoms with E-state index in [0.29, 0.717) is 23.1 Å². The lowest BCUT2D eigenvalue weighted by atomic mass is 10.1. The topological polar surface area (TPSA) is 73.6 Å². The van der Waals surface area contributed by atoms with Crippen LogP contribution in [0.2, 0.25) is 0 Å². The van der Waals surface area contributed by atoms with Crippen LogP contribution >= 0.6 is 11.3 Å². The van der Waals surface area contributed by atoms with Gasteiger partial charge in [0.25, 0.3) is 0 Å². The lowest BCUT2D eigenvalue weighted by Crippen LogP contribution is -2.06. The third-order valence-electron chi connectivity index (χ3n) is 3.24. The fraction of sp³-hybridized carbons (Fsp3) is 0.643. The first kappa shape index (κ1) is 15.1. The van der Waals surface area contributed by atoms with Crippen molar-refractivity contribution < 1.29 is 14.3 Å². The maximum atomic E-state index is 11.9. The van der Waals surface area contributed by atoms with Gasteiger partial charge < -0.3 is 20.5 Å². The highest BCUT2D eigenvalue weighted by atomic mass is 32.1. The van der Waals surface area contributed by atoms with Crippen molar-refractivity contribution in [1.29, 1.82) is 0 Å². The van der Waals surface area contributed by atoms with Crippen molar-refractivity contribution in [3.63, 3.8) is 0 Å². The van der Waals surface area contributed by atoms with Crippen molar-refractivity contribution in [1.82, 2.24) is 0 Å². The highest BCUT2D eigenvalue weighted by Gasteiger charge is 2.33. The number of methoxy groups -OCH3 is 1. The Kier molecular flexibility index (Phi) is 5.25. The van der Waals surface area contributed by atoms with Crippen LogP contribution in [-0.2, 0) is 9.47 Å². The first-order valence-electron chi connectivity index (χ1n) is 7.01. The quantitative estimate of drug-likeness (QED) is 0.570. The summed E-state index contributed by atoms with van der Waals surface area (Å²) < 4.78 is 10.1. The smallest absolute Gasteiger partial charge is 0.350 e. The van der Waals surface area contributed by atoms with Gasteiger partial charge in [-0.05, 0) is 32.1 Å². The summed E-state index contributed by atoms with van der Waals surface area (Å²) in [4.78, 5) is 12.4. The maximum absolute atomic E-state index is 11.9. The number of thiophene rings is 1. The van der Waals surface area contributed by atoms with E-state index in [0.717, 1.165) is 43.0 Å². The van der Waals surface area contributed by atoms with Crippen molar-refractivity contribution in [3.05, 3.63) is 10.4 Å². The molecule has 0 aromatic carbocycles. The van der Waals surface area contributed by atoms with Crippen LogP contribution in [0.3, 0.4) is 0 Å². The minimum Gasteiger partial charge on any atom is -0.462 e. The number of carbonyl (C=O) groups is 1. The highest BCUT2D eigenvalue weighted by Crippen LogP contribution is 2.50. The Balaban J connectivity index is 2.12. The van der Waals surface area contributed by atoms with E-state index in [1.165, 1.54) is 11.3 Å². The molecule has 0 saturated heterocycles. The Labute approximate surface area is 123 Å². The average molecular weight is 298 g/mol.